The van der Waals surface area contributed by atoms with Gasteiger partial charge in [-0.2, -0.15) is 0 Å². The normalized spacial score (nSPS) is 16.7. The molecule has 0 aliphatic carbocycles. The van der Waals surface area contributed by atoms with Crippen LogP contribution in [0.15, 0.2) is 107 Å². The maximum atomic E-state index is 13.5. The predicted molar refractivity (Wildman–Crippen MR) is 182 cm³/mol. The van der Waals surface area contributed by atoms with Crippen LogP contribution >= 0.6 is 10.0 Å². The van der Waals surface area contributed by atoms with Gasteiger partial charge in [-0.1, -0.05) is 36.4 Å². The number of benzene rings is 4. The number of hydrogen-bond acceptors (Lipinski definition) is 5. The van der Waals surface area contributed by atoms with Crippen LogP contribution in [-0.4, -0.2) is 75.1 Å². The molecule has 46 heavy (non-hydrogen) atoms. The molecule has 0 bridgehead atoms. The maximum Gasteiger partial charge on any atom is 0.365 e. The number of ether oxygens (including phenoxy) is 1. The van der Waals surface area contributed by atoms with E-state index in [1.807, 2.05) is 85.2 Å². The number of aromatic nitrogens is 2. The third-order valence-corrected chi connectivity index (χ3v) is 12.2. The number of aromatic amines is 2. The van der Waals surface area contributed by atoms with Gasteiger partial charge in [-0.05, 0) is 81.6 Å². The average molecular weight is 633 g/mol. The fraction of sp³-hybridized carbons (Fsp3) is 0.167. The van der Waals surface area contributed by atoms with E-state index in [1.165, 1.54) is 0 Å². The zero-order valence-corrected chi connectivity index (χ0v) is 25.7. The molecule has 8 rings (SSSR count). The molecule has 4 N–H and O–H groups in total. The highest BCUT2D eigenvalue weighted by molar-refractivity contribution is 8.55. The van der Waals surface area contributed by atoms with Crippen molar-refractivity contribution in [3.8, 4) is 22.3 Å². The molecule has 0 spiro atoms. The molecule has 4 heterocycles. The number of hydrogen-bond donors (Lipinski definition) is 4. The van der Waals surface area contributed by atoms with Gasteiger partial charge in [0, 0.05) is 69.4 Å². The SMILES string of the molecule is O=C(O)S1(C(=O)O)c2cc(-c3ccc4cc[nH]c4c3)ccc2N(CCN2CCOCC2)c2ccc(-c3ccc4cc[nH]c4c3)cc21. The van der Waals surface area contributed by atoms with Crippen LogP contribution in [0.25, 0.3) is 44.1 Å². The zero-order valence-electron chi connectivity index (χ0n) is 24.9. The second-order valence-corrected chi connectivity index (χ2v) is 14.5. The number of nitrogens with one attached hydrogen (secondary N) is 2. The van der Waals surface area contributed by atoms with Crippen molar-refractivity contribution in [1.82, 2.24) is 14.9 Å². The van der Waals surface area contributed by atoms with Crippen LogP contribution in [0.2, 0.25) is 0 Å². The van der Waals surface area contributed by atoms with E-state index in [-0.39, 0.29) is 0 Å². The van der Waals surface area contributed by atoms with Gasteiger partial charge in [0.15, 0.2) is 0 Å². The highest BCUT2D eigenvalue weighted by Crippen LogP contribution is 2.72. The fourth-order valence-corrected chi connectivity index (χ4v) is 9.52. The molecule has 10 heteroatoms. The lowest BCUT2D eigenvalue weighted by Gasteiger charge is -2.44. The van der Waals surface area contributed by atoms with Gasteiger partial charge in [0.05, 0.1) is 24.6 Å². The summed E-state index contributed by atoms with van der Waals surface area (Å²) in [7, 11) is -3.61. The van der Waals surface area contributed by atoms with Crippen molar-refractivity contribution < 1.29 is 24.5 Å². The Morgan fingerprint density at radius 3 is 1.63 bits per heavy atom. The number of morpholine rings is 1. The Hall–Kier alpha value is -5.03. The Kier molecular flexibility index (Phi) is 6.86. The van der Waals surface area contributed by atoms with Crippen LogP contribution < -0.4 is 4.90 Å². The quantitative estimate of drug-likeness (QED) is 0.151. The fourth-order valence-electron chi connectivity index (χ4n) is 6.78. The first-order chi connectivity index (χ1) is 22.4. The van der Waals surface area contributed by atoms with Gasteiger partial charge in [0.2, 0.25) is 0 Å². The molecule has 0 unspecified atom stereocenters. The number of H-pyrrole nitrogens is 2. The molecule has 232 valence electrons. The summed E-state index contributed by atoms with van der Waals surface area (Å²) in [5.74, 6) is 0. The minimum Gasteiger partial charge on any atom is -0.473 e. The molecule has 6 aromatic rings. The lowest BCUT2D eigenvalue weighted by atomic mass is 10.0. The summed E-state index contributed by atoms with van der Waals surface area (Å²) in [6, 6.07) is 27.3. The molecule has 2 aliphatic rings. The van der Waals surface area contributed by atoms with Gasteiger partial charge in [-0.25, -0.2) is 9.59 Å². The van der Waals surface area contributed by atoms with E-state index in [0.717, 1.165) is 63.7 Å². The second kappa shape index (κ2) is 11.1. The number of nitrogens with zero attached hydrogens (tertiary/aromatic N) is 2. The number of fused-ring (bicyclic) bond motifs is 4. The van der Waals surface area contributed by atoms with Crippen LogP contribution in [-0.2, 0) is 4.74 Å². The second-order valence-electron chi connectivity index (χ2n) is 11.7. The largest absolute Gasteiger partial charge is 0.473 e. The number of carbonyl (C=O) groups is 2. The topological polar surface area (TPSA) is 122 Å². The van der Waals surface area contributed by atoms with Gasteiger partial charge < -0.3 is 29.8 Å². The Bertz CT molecular complexity index is 2010. The molecule has 0 saturated carbocycles. The number of anilines is 2. The third kappa shape index (κ3) is 4.48. The molecule has 1 fully saturated rings. The van der Waals surface area contributed by atoms with Crippen LogP contribution in [0.1, 0.15) is 0 Å². The first-order valence-electron chi connectivity index (χ1n) is 15.2. The molecule has 2 aromatic heterocycles. The standard InChI is InChI=1S/C36H32N4O5S/c41-35(42)46(36(43)44)33-21-27(25-3-1-23-9-11-37-29(23)19-25)5-7-31(33)40(14-13-39-15-17-45-18-16-39)32-8-6-28(22-34(32)46)26-4-2-24-10-12-38-30(24)20-26/h1-12,19-22,37-38H,13-18H2,(H,41,42)(H,43,44). The van der Waals surface area contributed by atoms with Crippen molar-refractivity contribution >= 4 is 53.8 Å². The Morgan fingerprint density at radius 1 is 0.652 bits per heavy atom. The lowest BCUT2D eigenvalue weighted by Crippen LogP contribution is -2.41. The first-order valence-corrected chi connectivity index (χ1v) is 16.9. The summed E-state index contributed by atoms with van der Waals surface area (Å²) in [5, 5.41) is 21.5. The predicted octanol–water partition coefficient (Wildman–Crippen LogP) is 8.35. The molecule has 2 aliphatic heterocycles. The van der Waals surface area contributed by atoms with Gasteiger partial charge in [-0.15, -0.1) is 0 Å². The first kappa shape index (κ1) is 28.4. The summed E-state index contributed by atoms with van der Waals surface area (Å²) < 4.78 is 5.55. The van der Waals surface area contributed by atoms with E-state index in [0.29, 0.717) is 40.9 Å². The van der Waals surface area contributed by atoms with Crippen LogP contribution in [0, 0.1) is 0 Å². The molecule has 0 amide bonds. The van der Waals surface area contributed by atoms with Crippen LogP contribution in [0.3, 0.4) is 0 Å². The Morgan fingerprint density at radius 2 is 1.13 bits per heavy atom. The summed E-state index contributed by atoms with van der Waals surface area (Å²) >= 11 is 0. The molecule has 9 nitrogen and oxygen atoms in total. The summed E-state index contributed by atoms with van der Waals surface area (Å²) in [6.07, 6.45) is 3.75. The summed E-state index contributed by atoms with van der Waals surface area (Å²) in [5.41, 5.74) is 6.41. The Labute approximate surface area is 266 Å². The van der Waals surface area contributed by atoms with E-state index in [1.54, 1.807) is 12.1 Å². The molecule has 0 atom stereocenters. The number of carboxylic acid groups (broad SMARTS) is 2. The van der Waals surface area contributed by atoms with E-state index < -0.39 is 20.6 Å². The lowest BCUT2D eigenvalue weighted by molar-refractivity contribution is 0.0394. The highest BCUT2D eigenvalue weighted by atomic mass is 32.3. The average Bonchev–Trinajstić information content (AvgIpc) is 3.75. The minimum absolute atomic E-state index is 0.322. The monoisotopic (exact) mass is 632 g/mol. The van der Waals surface area contributed by atoms with Crippen LogP contribution in [0.4, 0.5) is 21.0 Å². The molecule has 1 saturated heterocycles. The summed E-state index contributed by atoms with van der Waals surface area (Å²) in [4.78, 5) is 38.6. The van der Waals surface area contributed by atoms with E-state index in [4.69, 9.17) is 4.74 Å². The summed E-state index contributed by atoms with van der Waals surface area (Å²) in [6.45, 7) is 4.25. The maximum absolute atomic E-state index is 13.5. The van der Waals surface area contributed by atoms with Crippen molar-refractivity contribution in [3.63, 3.8) is 0 Å². The molecular weight excluding hydrogens is 600 g/mol. The minimum atomic E-state index is -3.61. The molecule has 4 aromatic carbocycles. The van der Waals surface area contributed by atoms with Gasteiger partial charge >= 0.3 is 10.6 Å². The van der Waals surface area contributed by atoms with E-state index in [9.17, 15) is 19.8 Å². The Balaban J connectivity index is 1.33. The van der Waals surface area contributed by atoms with Crippen molar-refractivity contribution in [2.75, 3.05) is 44.3 Å². The van der Waals surface area contributed by atoms with Crippen molar-refractivity contribution in [2.45, 2.75) is 9.79 Å². The molecule has 0 radical (unpaired) electrons. The van der Waals surface area contributed by atoms with Gasteiger partial charge in [0.1, 0.15) is 0 Å². The smallest absolute Gasteiger partial charge is 0.365 e. The van der Waals surface area contributed by atoms with E-state index in [2.05, 4.69) is 19.8 Å². The zero-order chi connectivity index (χ0) is 31.4. The van der Waals surface area contributed by atoms with Crippen molar-refractivity contribution in [2.24, 2.45) is 0 Å². The van der Waals surface area contributed by atoms with Crippen molar-refractivity contribution in [1.29, 1.82) is 0 Å². The van der Waals surface area contributed by atoms with Crippen molar-refractivity contribution in [3.05, 3.63) is 97.3 Å². The highest BCUT2D eigenvalue weighted by Gasteiger charge is 2.51. The number of rotatable bonds is 5. The van der Waals surface area contributed by atoms with Gasteiger partial charge in [0.25, 0.3) is 0 Å². The van der Waals surface area contributed by atoms with Gasteiger partial charge in [-0.3, -0.25) is 4.90 Å². The third-order valence-electron chi connectivity index (χ3n) is 9.21. The van der Waals surface area contributed by atoms with Crippen LogP contribution in [0.5, 0.6) is 0 Å². The van der Waals surface area contributed by atoms with E-state index >= 15 is 0 Å². The molecular formula is C36H32N4O5S.